The van der Waals surface area contributed by atoms with Gasteiger partial charge in [-0.15, -0.1) is 0 Å². The zero-order chi connectivity index (χ0) is 28.8. The quantitative estimate of drug-likeness (QED) is 0.166. The highest BCUT2D eigenvalue weighted by Gasteiger charge is 2.35. The van der Waals surface area contributed by atoms with Gasteiger partial charge in [-0.1, -0.05) is 86.6 Å². The molecule has 0 aliphatic heterocycles. The molecule has 1 aliphatic rings. The van der Waals surface area contributed by atoms with Crippen LogP contribution in [-0.4, -0.2) is 13.0 Å². The first-order valence-electron chi connectivity index (χ1n) is 14.1. The van der Waals surface area contributed by atoms with E-state index in [0.717, 1.165) is 42.4 Å². The van der Waals surface area contributed by atoms with Gasteiger partial charge in [-0.05, 0) is 83.3 Å². The van der Waals surface area contributed by atoms with E-state index in [4.69, 9.17) is 0 Å². The van der Waals surface area contributed by atoms with Crippen LogP contribution in [0, 0.1) is 5.25 Å². The van der Waals surface area contributed by atoms with Crippen LogP contribution in [-0.2, 0) is 35.8 Å². The maximum absolute atomic E-state index is 12.4. The molecule has 206 valence electrons. The minimum atomic E-state index is -4.43. The van der Waals surface area contributed by atoms with Crippen LogP contribution in [0.4, 0.5) is 0 Å². The number of hydrogen-bond acceptors (Lipinski definition) is 2. The van der Waals surface area contributed by atoms with Crippen molar-refractivity contribution in [1.29, 1.82) is 0 Å². The second kappa shape index (κ2) is 12.6. The fourth-order valence-corrected chi connectivity index (χ4v) is 6.24. The van der Waals surface area contributed by atoms with Gasteiger partial charge in [-0.2, -0.15) is 8.42 Å². The molecule has 3 nitrogen and oxygen atoms in total. The Bertz CT molecular complexity index is 1610. The van der Waals surface area contributed by atoms with Crippen molar-refractivity contribution < 1.29 is 13.0 Å². The molecule has 0 fully saturated rings. The van der Waals surface area contributed by atoms with E-state index in [9.17, 15) is 13.0 Å². The van der Waals surface area contributed by atoms with Gasteiger partial charge >= 0.3 is 10.1 Å². The second-order valence-corrected chi connectivity index (χ2v) is 11.7. The summed E-state index contributed by atoms with van der Waals surface area (Å²) in [4.78, 5) is 0. The van der Waals surface area contributed by atoms with Crippen molar-refractivity contribution in [2.45, 2.75) is 39.5 Å². The largest absolute Gasteiger partial charge is 0.331 e. The van der Waals surface area contributed by atoms with E-state index in [2.05, 4.69) is 86.6 Å². The lowest BCUT2D eigenvalue weighted by atomic mass is 9.88. The Morgan fingerprint density at radius 1 is 0.634 bits per heavy atom. The van der Waals surface area contributed by atoms with E-state index >= 15 is 0 Å². The lowest BCUT2D eigenvalue weighted by Gasteiger charge is -2.15. The first-order chi connectivity index (χ1) is 19.9. The molecule has 0 bridgehead atoms. The van der Waals surface area contributed by atoms with Crippen LogP contribution in [0.1, 0.15) is 58.4 Å². The highest BCUT2D eigenvalue weighted by atomic mass is 32.2. The SMILES string of the molecule is CCc1ccccc1Cc1ccc(C(=C2C=CC=C[C+]2S(=O)(=O)O)c2ccc(Cc3ccccc3CC)cc2)cc1. The van der Waals surface area contributed by atoms with Gasteiger partial charge in [-0.25, -0.2) is 0 Å². The van der Waals surface area contributed by atoms with Gasteiger partial charge in [0.15, 0.2) is 5.25 Å². The predicted molar refractivity (Wildman–Crippen MR) is 169 cm³/mol. The molecule has 5 rings (SSSR count). The van der Waals surface area contributed by atoms with Gasteiger partial charge < -0.3 is 0 Å². The molecule has 4 heteroatoms. The number of aryl methyl sites for hydroxylation is 2. The van der Waals surface area contributed by atoms with Crippen LogP contribution in [0.3, 0.4) is 0 Å². The maximum atomic E-state index is 12.4. The van der Waals surface area contributed by atoms with E-state index in [0.29, 0.717) is 5.57 Å². The molecule has 0 amide bonds. The van der Waals surface area contributed by atoms with E-state index in [1.54, 1.807) is 18.2 Å². The summed E-state index contributed by atoms with van der Waals surface area (Å²) in [5.41, 5.74) is 10.7. The normalized spacial score (nSPS) is 13.0. The number of allylic oxidation sites excluding steroid dienone is 3. The average molecular weight is 560 g/mol. The standard InChI is InChI=1S/C37H34O3S/c1-3-29-11-5-7-13-33(29)25-27-17-21-31(22-18-27)37(35-15-9-10-16-36(35)41(38,39)40)32-23-19-28(20-24-32)26-34-14-8-6-12-30(34)4-2/h5-24H,3-4,25-26H2,1-2H3/p+1. The van der Waals surface area contributed by atoms with Crippen LogP contribution in [0.2, 0.25) is 0 Å². The van der Waals surface area contributed by atoms with Crippen molar-refractivity contribution in [2.24, 2.45) is 0 Å². The highest BCUT2D eigenvalue weighted by molar-refractivity contribution is 7.89. The van der Waals surface area contributed by atoms with E-state index in [1.807, 2.05) is 24.3 Å². The molecule has 0 spiro atoms. The molecule has 0 saturated heterocycles. The molecular formula is C37H35O3S+. The molecule has 0 atom stereocenters. The first kappa shape index (κ1) is 28.4. The Hall–Kier alpha value is -4.12. The van der Waals surface area contributed by atoms with E-state index < -0.39 is 10.1 Å². The number of benzene rings is 4. The Labute approximate surface area is 244 Å². The topological polar surface area (TPSA) is 54.4 Å². The van der Waals surface area contributed by atoms with Gasteiger partial charge in [0, 0.05) is 35.4 Å². The maximum Gasteiger partial charge on any atom is 0.331 e. The van der Waals surface area contributed by atoms with Crippen molar-refractivity contribution in [3.63, 3.8) is 0 Å². The third-order valence-electron chi connectivity index (χ3n) is 7.71. The summed E-state index contributed by atoms with van der Waals surface area (Å²) in [5.74, 6) is 0. The number of hydrogen-bond donors (Lipinski definition) is 1. The summed E-state index contributed by atoms with van der Waals surface area (Å²) in [6, 6.07) is 33.6. The number of rotatable bonds is 9. The summed E-state index contributed by atoms with van der Waals surface area (Å²) in [7, 11) is -4.43. The lowest BCUT2D eigenvalue weighted by Crippen LogP contribution is -2.14. The molecule has 0 aromatic heterocycles. The minimum Gasteiger partial charge on any atom is -0.274 e. The second-order valence-electron chi connectivity index (χ2n) is 10.3. The molecule has 4 aromatic rings. The Morgan fingerprint density at radius 2 is 1.07 bits per heavy atom. The fraction of sp³-hybridized carbons (Fsp3) is 0.162. The summed E-state index contributed by atoms with van der Waals surface area (Å²) < 4.78 is 34.9. The predicted octanol–water partition coefficient (Wildman–Crippen LogP) is 8.34. The molecule has 0 heterocycles. The van der Waals surface area contributed by atoms with Crippen molar-refractivity contribution in [3.8, 4) is 0 Å². The zero-order valence-corrected chi connectivity index (χ0v) is 24.4. The molecule has 0 saturated carbocycles. The lowest BCUT2D eigenvalue weighted by molar-refractivity contribution is 0.487. The zero-order valence-electron chi connectivity index (χ0n) is 23.5. The molecule has 1 N–H and O–H groups in total. The first-order valence-corrected chi connectivity index (χ1v) is 15.6. The third-order valence-corrected chi connectivity index (χ3v) is 8.62. The molecule has 0 unspecified atom stereocenters. The van der Waals surface area contributed by atoms with Crippen LogP contribution in [0.15, 0.2) is 127 Å². The fourth-order valence-electron chi connectivity index (χ4n) is 5.54. The summed E-state index contributed by atoms with van der Waals surface area (Å²) in [6.45, 7) is 4.34. The van der Waals surface area contributed by atoms with Gasteiger partial charge in [0.1, 0.15) is 5.57 Å². The van der Waals surface area contributed by atoms with Gasteiger partial charge in [0.05, 0.1) is 5.57 Å². The minimum absolute atomic E-state index is 0.100. The summed E-state index contributed by atoms with van der Waals surface area (Å²) in [5, 5.41) is -0.100. The molecule has 0 radical (unpaired) electrons. The average Bonchev–Trinajstić information content (AvgIpc) is 2.99. The molecule has 1 aliphatic carbocycles. The molecule has 4 aromatic carbocycles. The smallest absolute Gasteiger partial charge is 0.274 e. The van der Waals surface area contributed by atoms with Crippen molar-refractivity contribution in [2.75, 3.05) is 0 Å². The van der Waals surface area contributed by atoms with Gasteiger partial charge in [0.2, 0.25) is 0 Å². The monoisotopic (exact) mass is 559 g/mol. The van der Waals surface area contributed by atoms with Gasteiger partial charge in [0.25, 0.3) is 0 Å². The summed E-state index contributed by atoms with van der Waals surface area (Å²) in [6.07, 6.45) is 10.3. The Morgan fingerprint density at radius 3 is 1.49 bits per heavy atom. The van der Waals surface area contributed by atoms with Crippen LogP contribution in [0.25, 0.3) is 5.57 Å². The van der Waals surface area contributed by atoms with E-state index in [1.165, 1.54) is 39.5 Å². The molecule has 41 heavy (non-hydrogen) atoms. The Kier molecular flexibility index (Phi) is 8.72. The van der Waals surface area contributed by atoms with E-state index in [-0.39, 0.29) is 5.25 Å². The summed E-state index contributed by atoms with van der Waals surface area (Å²) >= 11 is 0. The van der Waals surface area contributed by atoms with Crippen LogP contribution in [0.5, 0.6) is 0 Å². The molecular weight excluding hydrogens is 524 g/mol. The highest BCUT2D eigenvalue weighted by Crippen LogP contribution is 2.37. The van der Waals surface area contributed by atoms with Crippen molar-refractivity contribution in [1.82, 2.24) is 0 Å². The van der Waals surface area contributed by atoms with Crippen LogP contribution >= 0.6 is 0 Å². The van der Waals surface area contributed by atoms with Gasteiger partial charge in [-0.3, -0.25) is 4.55 Å². The third kappa shape index (κ3) is 6.62. The Balaban J connectivity index is 1.53. The van der Waals surface area contributed by atoms with Crippen molar-refractivity contribution in [3.05, 3.63) is 177 Å². The van der Waals surface area contributed by atoms with Crippen molar-refractivity contribution >= 4 is 15.7 Å². The van der Waals surface area contributed by atoms with Crippen LogP contribution < -0.4 is 0 Å².